The van der Waals surface area contributed by atoms with Crippen molar-refractivity contribution in [3.63, 3.8) is 0 Å². The van der Waals surface area contributed by atoms with Crippen LogP contribution in [0.15, 0.2) is 22.8 Å². The lowest BCUT2D eigenvalue weighted by molar-refractivity contribution is 0.0932. The third-order valence-electron chi connectivity index (χ3n) is 3.41. The van der Waals surface area contributed by atoms with E-state index < -0.39 is 0 Å². The van der Waals surface area contributed by atoms with E-state index in [2.05, 4.69) is 26.2 Å². The van der Waals surface area contributed by atoms with Gasteiger partial charge in [0.15, 0.2) is 0 Å². The normalized spacial score (nSPS) is 18.3. The molecule has 4 nitrogen and oxygen atoms in total. The highest BCUT2D eigenvalue weighted by Gasteiger charge is 2.27. The number of aromatic nitrogens is 1. The van der Waals surface area contributed by atoms with Crippen LogP contribution in [0.1, 0.15) is 42.6 Å². The van der Waals surface area contributed by atoms with Crippen molar-refractivity contribution in [3.05, 3.63) is 28.5 Å². The molecule has 0 aliphatic heterocycles. The first kappa shape index (κ1) is 13.5. The molecule has 0 spiro atoms. The third kappa shape index (κ3) is 3.53. The summed E-state index contributed by atoms with van der Waals surface area (Å²) in [6.45, 7) is 0.531. The summed E-state index contributed by atoms with van der Waals surface area (Å²) >= 11 is 3.29. The molecule has 1 heterocycles. The summed E-state index contributed by atoms with van der Waals surface area (Å²) in [6.07, 6.45) is 7.16. The highest BCUT2D eigenvalue weighted by molar-refractivity contribution is 9.10. The van der Waals surface area contributed by atoms with Crippen LogP contribution in [0.3, 0.4) is 0 Å². The van der Waals surface area contributed by atoms with E-state index >= 15 is 0 Å². The van der Waals surface area contributed by atoms with E-state index in [-0.39, 0.29) is 11.4 Å². The van der Waals surface area contributed by atoms with Crippen LogP contribution in [0.4, 0.5) is 0 Å². The monoisotopic (exact) mass is 311 g/mol. The van der Waals surface area contributed by atoms with Crippen LogP contribution in [0, 0.1) is 0 Å². The van der Waals surface area contributed by atoms with Gasteiger partial charge in [-0.1, -0.05) is 19.3 Å². The maximum Gasteiger partial charge on any atom is 0.269 e. The minimum absolute atomic E-state index is 0.155. The molecule has 1 saturated carbocycles. The van der Waals surface area contributed by atoms with Crippen molar-refractivity contribution in [2.75, 3.05) is 6.54 Å². The fourth-order valence-electron chi connectivity index (χ4n) is 2.29. The van der Waals surface area contributed by atoms with Crippen LogP contribution in [0.25, 0.3) is 0 Å². The second-order valence-corrected chi connectivity index (χ2v) is 5.88. The van der Waals surface area contributed by atoms with Crippen molar-refractivity contribution < 1.29 is 4.79 Å². The molecule has 98 valence electrons. The number of nitrogens with two attached hydrogens (primary N) is 1. The SMILES string of the molecule is NC1(CNC(=O)c2ccc(Br)cn2)CCCCC1. The molecule has 1 amide bonds. The van der Waals surface area contributed by atoms with E-state index in [1.165, 1.54) is 6.42 Å². The molecule has 1 aromatic heterocycles. The molecular formula is C13H18BrN3O. The van der Waals surface area contributed by atoms with Crippen molar-refractivity contribution in [3.8, 4) is 0 Å². The Kier molecular flexibility index (Phi) is 4.35. The lowest BCUT2D eigenvalue weighted by Crippen LogP contribution is -2.51. The average Bonchev–Trinajstić information content (AvgIpc) is 2.38. The molecule has 5 heteroatoms. The number of rotatable bonds is 3. The Balaban J connectivity index is 1.89. The summed E-state index contributed by atoms with van der Waals surface area (Å²) in [5.41, 5.74) is 6.46. The van der Waals surface area contributed by atoms with Gasteiger partial charge in [0.2, 0.25) is 0 Å². The first-order chi connectivity index (χ1) is 8.59. The molecule has 3 N–H and O–H groups in total. The number of nitrogens with one attached hydrogen (secondary N) is 1. The predicted molar refractivity (Wildman–Crippen MR) is 74.3 cm³/mol. The van der Waals surface area contributed by atoms with E-state index in [1.54, 1.807) is 18.3 Å². The second kappa shape index (κ2) is 5.80. The topological polar surface area (TPSA) is 68.0 Å². The number of pyridine rings is 1. The van der Waals surface area contributed by atoms with Gasteiger partial charge in [0.05, 0.1) is 0 Å². The highest BCUT2D eigenvalue weighted by atomic mass is 79.9. The molecule has 1 aromatic rings. The zero-order valence-electron chi connectivity index (χ0n) is 10.3. The number of hydrogen-bond donors (Lipinski definition) is 2. The first-order valence-electron chi connectivity index (χ1n) is 6.28. The van der Waals surface area contributed by atoms with Crippen molar-refractivity contribution in [2.24, 2.45) is 5.73 Å². The highest BCUT2D eigenvalue weighted by Crippen LogP contribution is 2.25. The standard InChI is InChI=1S/C13H18BrN3O/c14-10-4-5-11(16-8-10)12(18)17-9-13(15)6-2-1-3-7-13/h4-5,8H,1-3,6-7,9,15H2,(H,17,18). The molecule has 2 rings (SSSR count). The van der Waals surface area contributed by atoms with E-state index in [4.69, 9.17) is 5.73 Å². The van der Waals surface area contributed by atoms with E-state index in [9.17, 15) is 4.79 Å². The van der Waals surface area contributed by atoms with E-state index in [1.807, 2.05) is 0 Å². The maximum atomic E-state index is 11.9. The van der Waals surface area contributed by atoms with Gasteiger partial charge in [-0.25, -0.2) is 4.98 Å². The predicted octanol–water partition coefficient (Wildman–Crippen LogP) is 2.24. The van der Waals surface area contributed by atoms with Crippen molar-refractivity contribution in [1.29, 1.82) is 0 Å². The maximum absolute atomic E-state index is 11.9. The lowest BCUT2D eigenvalue weighted by atomic mass is 9.82. The van der Waals surface area contributed by atoms with Crippen LogP contribution in [0.5, 0.6) is 0 Å². The summed E-state index contributed by atoms with van der Waals surface area (Å²) in [5, 5.41) is 2.89. The molecule has 0 aromatic carbocycles. The zero-order valence-corrected chi connectivity index (χ0v) is 11.9. The fourth-order valence-corrected chi connectivity index (χ4v) is 2.52. The van der Waals surface area contributed by atoms with E-state index in [0.29, 0.717) is 12.2 Å². The molecule has 0 unspecified atom stereocenters. The van der Waals surface area contributed by atoms with Gasteiger partial charge in [-0.3, -0.25) is 4.79 Å². The quantitative estimate of drug-likeness (QED) is 0.899. The third-order valence-corrected chi connectivity index (χ3v) is 3.88. The largest absolute Gasteiger partial charge is 0.349 e. The molecule has 1 fully saturated rings. The summed E-state index contributed by atoms with van der Waals surface area (Å²) in [5.74, 6) is -0.155. The molecule has 0 radical (unpaired) electrons. The Morgan fingerprint density at radius 2 is 2.11 bits per heavy atom. The number of carbonyl (C=O) groups excluding carboxylic acids is 1. The summed E-state index contributed by atoms with van der Waals surface area (Å²) in [6, 6.07) is 3.50. The number of amides is 1. The average molecular weight is 312 g/mol. The van der Waals surface area contributed by atoms with Crippen LogP contribution in [-0.2, 0) is 0 Å². The Hall–Kier alpha value is -0.940. The van der Waals surface area contributed by atoms with Crippen LogP contribution in [-0.4, -0.2) is 23.0 Å². The summed E-state index contributed by atoms with van der Waals surface area (Å²) in [7, 11) is 0. The smallest absolute Gasteiger partial charge is 0.269 e. The first-order valence-corrected chi connectivity index (χ1v) is 7.07. The van der Waals surface area contributed by atoms with Gasteiger partial charge in [-0.15, -0.1) is 0 Å². The van der Waals surface area contributed by atoms with Gasteiger partial charge in [0, 0.05) is 22.8 Å². The molecular weight excluding hydrogens is 294 g/mol. The van der Waals surface area contributed by atoms with Gasteiger partial charge >= 0.3 is 0 Å². The van der Waals surface area contributed by atoms with Crippen molar-refractivity contribution in [1.82, 2.24) is 10.3 Å². The lowest BCUT2D eigenvalue weighted by Gasteiger charge is -2.33. The minimum atomic E-state index is -0.233. The van der Waals surface area contributed by atoms with Gasteiger partial charge in [0.25, 0.3) is 5.91 Å². The van der Waals surface area contributed by atoms with Crippen molar-refractivity contribution in [2.45, 2.75) is 37.6 Å². The Morgan fingerprint density at radius 3 is 2.72 bits per heavy atom. The molecule has 0 bridgehead atoms. The molecule has 1 aliphatic carbocycles. The van der Waals surface area contributed by atoms with Crippen LogP contribution < -0.4 is 11.1 Å². The second-order valence-electron chi connectivity index (χ2n) is 4.97. The molecule has 18 heavy (non-hydrogen) atoms. The Morgan fingerprint density at radius 1 is 1.39 bits per heavy atom. The van der Waals surface area contributed by atoms with Gasteiger partial charge in [-0.2, -0.15) is 0 Å². The van der Waals surface area contributed by atoms with Gasteiger partial charge in [0.1, 0.15) is 5.69 Å². The fraction of sp³-hybridized carbons (Fsp3) is 0.538. The summed E-state index contributed by atoms with van der Waals surface area (Å²) in [4.78, 5) is 16.0. The molecule has 1 aliphatic rings. The zero-order chi connectivity index (χ0) is 13.0. The number of halogens is 1. The Labute approximate surface area is 115 Å². The Bertz CT molecular complexity index is 413. The van der Waals surface area contributed by atoms with Crippen LogP contribution in [0.2, 0.25) is 0 Å². The molecule has 0 atom stereocenters. The summed E-state index contributed by atoms with van der Waals surface area (Å²) < 4.78 is 0.863. The van der Waals surface area contributed by atoms with Gasteiger partial charge in [-0.05, 0) is 40.9 Å². The number of hydrogen-bond acceptors (Lipinski definition) is 3. The van der Waals surface area contributed by atoms with Crippen molar-refractivity contribution >= 4 is 21.8 Å². The van der Waals surface area contributed by atoms with Gasteiger partial charge < -0.3 is 11.1 Å². The van der Waals surface area contributed by atoms with E-state index in [0.717, 1.165) is 30.2 Å². The number of nitrogens with zero attached hydrogens (tertiary/aromatic N) is 1. The molecule has 0 saturated heterocycles. The van der Waals surface area contributed by atoms with Crippen LogP contribution >= 0.6 is 15.9 Å². The minimum Gasteiger partial charge on any atom is -0.349 e. The number of carbonyl (C=O) groups is 1.